The van der Waals surface area contributed by atoms with Gasteiger partial charge in [-0.15, -0.1) is 0 Å². The normalized spacial score (nSPS) is 22.2. The third-order valence-corrected chi connectivity index (χ3v) is 5.96. The highest BCUT2D eigenvalue weighted by molar-refractivity contribution is 6.29. The summed E-state index contributed by atoms with van der Waals surface area (Å²) in [6.45, 7) is 5.46. The molecule has 164 valence electrons. The third kappa shape index (κ3) is 5.82. The maximum atomic E-state index is 13.8. The number of likely N-dealkylation sites (N-methyl/N-ethyl adjacent to an activating group) is 1. The van der Waals surface area contributed by atoms with Gasteiger partial charge in [-0.3, -0.25) is 14.7 Å². The summed E-state index contributed by atoms with van der Waals surface area (Å²) in [7, 11) is 1.81. The molecule has 1 fully saturated rings. The second kappa shape index (κ2) is 11.2. The van der Waals surface area contributed by atoms with E-state index >= 15 is 0 Å². The maximum Gasteiger partial charge on any atom is 0.255 e. The molecule has 1 aliphatic carbocycles. The van der Waals surface area contributed by atoms with Crippen LogP contribution in [0.1, 0.15) is 25.7 Å². The van der Waals surface area contributed by atoms with Gasteiger partial charge in [0.1, 0.15) is 0 Å². The Labute approximate surface area is 189 Å². The number of carbonyl (C=O) groups is 1. The van der Waals surface area contributed by atoms with Crippen molar-refractivity contribution in [2.75, 3.05) is 26.9 Å². The molecule has 31 heavy (non-hydrogen) atoms. The van der Waals surface area contributed by atoms with Gasteiger partial charge in [0.15, 0.2) is 0 Å². The molecule has 5 nitrogen and oxygen atoms in total. The van der Waals surface area contributed by atoms with Crippen molar-refractivity contribution < 1.29 is 9.90 Å². The van der Waals surface area contributed by atoms with Crippen LogP contribution in [0.2, 0.25) is 0 Å². The van der Waals surface area contributed by atoms with E-state index in [4.69, 9.17) is 11.6 Å². The molecular formula is C25H30ClN3O2. The summed E-state index contributed by atoms with van der Waals surface area (Å²) in [5, 5.41) is 10.4. The van der Waals surface area contributed by atoms with Crippen LogP contribution < -0.4 is 0 Å². The van der Waals surface area contributed by atoms with E-state index in [-0.39, 0.29) is 18.6 Å². The quantitative estimate of drug-likeness (QED) is 0.476. The molecule has 0 aromatic carbocycles. The van der Waals surface area contributed by atoms with Crippen LogP contribution in [0.4, 0.5) is 0 Å². The first-order chi connectivity index (χ1) is 15.0. The molecule has 3 aliphatic rings. The zero-order valence-electron chi connectivity index (χ0n) is 18.0. The number of carbonyl (C=O) groups excluding carboxylic acids is 1. The molecule has 3 rings (SSSR count). The lowest BCUT2D eigenvalue weighted by Gasteiger charge is -2.29. The van der Waals surface area contributed by atoms with Gasteiger partial charge in [0.25, 0.3) is 5.91 Å². The van der Waals surface area contributed by atoms with Gasteiger partial charge in [0, 0.05) is 49.9 Å². The van der Waals surface area contributed by atoms with Gasteiger partial charge in [0.05, 0.1) is 18.8 Å². The van der Waals surface area contributed by atoms with Crippen LogP contribution in [0, 0.1) is 0 Å². The van der Waals surface area contributed by atoms with E-state index in [9.17, 15) is 9.90 Å². The summed E-state index contributed by atoms with van der Waals surface area (Å²) >= 11 is 6.23. The Kier molecular flexibility index (Phi) is 8.41. The van der Waals surface area contributed by atoms with Crippen LogP contribution in [0.3, 0.4) is 0 Å². The Morgan fingerprint density at radius 2 is 2.23 bits per heavy atom. The molecule has 0 radical (unpaired) electrons. The Morgan fingerprint density at radius 1 is 1.39 bits per heavy atom. The van der Waals surface area contributed by atoms with E-state index in [0.29, 0.717) is 25.1 Å². The number of aliphatic hydroxyl groups excluding tert-OH is 1. The van der Waals surface area contributed by atoms with Crippen LogP contribution in [-0.2, 0) is 4.79 Å². The Balaban J connectivity index is 2.02. The lowest BCUT2D eigenvalue weighted by Crippen LogP contribution is -2.43. The number of hydrogen-bond acceptors (Lipinski definition) is 4. The Bertz CT molecular complexity index is 921. The third-order valence-electron chi connectivity index (χ3n) is 5.68. The first kappa shape index (κ1) is 23.2. The fraction of sp³-hybridized carbons (Fsp3) is 0.360. The zero-order chi connectivity index (χ0) is 22.2. The summed E-state index contributed by atoms with van der Waals surface area (Å²) in [5.41, 5.74) is 3.05. The number of amides is 1. The topological polar surface area (TPSA) is 56.1 Å². The average molecular weight is 440 g/mol. The summed E-state index contributed by atoms with van der Waals surface area (Å²) in [6, 6.07) is 0.102. The molecule has 1 amide bonds. The predicted octanol–water partition coefficient (Wildman–Crippen LogP) is 4.27. The summed E-state index contributed by atoms with van der Waals surface area (Å²) in [6.07, 6.45) is 20.2. The highest BCUT2D eigenvalue weighted by atomic mass is 35.5. The van der Waals surface area contributed by atoms with Crippen molar-refractivity contribution in [3.8, 4) is 0 Å². The molecule has 0 aromatic heterocycles. The van der Waals surface area contributed by atoms with E-state index < -0.39 is 0 Å². The van der Waals surface area contributed by atoms with Crippen LogP contribution >= 0.6 is 11.6 Å². The molecule has 1 unspecified atom stereocenters. The highest BCUT2D eigenvalue weighted by Crippen LogP contribution is 2.29. The second-order valence-electron chi connectivity index (χ2n) is 7.81. The second-order valence-corrected chi connectivity index (χ2v) is 8.30. The number of aliphatic imine (C=N–C) groups is 1. The SMILES string of the molecule is C=C/C(C1=CCC=NC=C1)=C(\C(=O)N(C)CN1CCCC1CO)C1=CC=C(Cl)CC=C1. The molecule has 2 heterocycles. The van der Waals surface area contributed by atoms with Crippen molar-refractivity contribution >= 4 is 23.7 Å². The van der Waals surface area contributed by atoms with E-state index in [2.05, 4.69) is 16.5 Å². The van der Waals surface area contributed by atoms with Gasteiger partial charge in [-0.2, -0.15) is 0 Å². The van der Waals surface area contributed by atoms with Gasteiger partial charge in [-0.05, 0) is 41.7 Å². The van der Waals surface area contributed by atoms with E-state index in [1.165, 1.54) is 0 Å². The monoisotopic (exact) mass is 439 g/mol. The molecule has 2 aliphatic heterocycles. The van der Waals surface area contributed by atoms with Gasteiger partial charge >= 0.3 is 0 Å². The number of allylic oxidation sites excluding steroid dienone is 10. The van der Waals surface area contributed by atoms with Crippen LogP contribution in [0.25, 0.3) is 0 Å². The van der Waals surface area contributed by atoms with Crippen LogP contribution in [-0.4, -0.2) is 59.9 Å². The molecule has 0 aromatic rings. The standard InChI is InChI=1S/C25H30ClN3O2/c1-3-23(19-8-5-14-27-15-13-19)24(20-7-4-9-21(26)12-11-20)25(31)28(2)18-29-16-6-10-22(29)17-30/h3-4,7-8,11-15,22,30H,1,5-6,9-10,16-18H2,2H3/b24-23+. The Hall–Kier alpha value is -2.47. The number of likely N-dealkylation sites (tertiary alicyclic amines) is 1. The van der Waals surface area contributed by atoms with Crippen LogP contribution in [0.15, 0.2) is 87.6 Å². The molecular weight excluding hydrogens is 410 g/mol. The first-order valence-corrected chi connectivity index (χ1v) is 11.0. The lowest BCUT2D eigenvalue weighted by atomic mass is 9.92. The van der Waals surface area contributed by atoms with Gasteiger partial charge in [0.2, 0.25) is 0 Å². The largest absolute Gasteiger partial charge is 0.395 e. The average Bonchev–Trinajstić information content (AvgIpc) is 2.94. The molecule has 6 heteroatoms. The zero-order valence-corrected chi connectivity index (χ0v) is 18.8. The lowest BCUT2D eigenvalue weighted by molar-refractivity contribution is -0.127. The number of rotatable bonds is 7. The van der Waals surface area contributed by atoms with Crippen molar-refractivity contribution in [3.05, 3.63) is 82.6 Å². The van der Waals surface area contributed by atoms with E-state index in [0.717, 1.165) is 41.1 Å². The molecule has 0 spiro atoms. The first-order valence-electron chi connectivity index (χ1n) is 10.6. The smallest absolute Gasteiger partial charge is 0.255 e. The van der Waals surface area contributed by atoms with Gasteiger partial charge in [-0.25, -0.2) is 0 Å². The van der Waals surface area contributed by atoms with Crippen molar-refractivity contribution in [1.82, 2.24) is 9.80 Å². The summed E-state index contributed by atoms with van der Waals surface area (Å²) in [4.78, 5) is 21.9. The minimum absolute atomic E-state index is 0.0970. The highest BCUT2D eigenvalue weighted by Gasteiger charge is 2.28. The van der Waals surface area contributed by atoms with Crippen molar-refractivity contribution in [3.63, 3.8) is 0 Å². The van der Waals surface area contributed by atoms with Crippen molar-refractivity contribution in [2.24, 2.45) is 4.99 Å². The van der Waals surface area contributed by atoms with Crippen molar-refractivity contribution in [1.29, 1.82) is 0 Å². The van der Waals surface area contributed by atoms with Crippen molar-refractivity contribution in [2.45, 2.75) is 31.7 Å². The van der Waals surface area contributed by atoms with Gasteiger partial charge in [-0.1, -0.05) is 48.6 Å². The van der Waals surface area contributed by atoms with E-state index in [1.807, 2.05) is 42.7 Å². The Morgan fingerprint density at radius 3 is 3.00 bits per heavy atom. The molecule has 1 saturated heterocycles. The maximum absolute atomic E-state index is 13.8. The molecule has 1 N–H and O–H groups in total. The fourth-order valence-corrected chi connectivity index (χ4v) is 4.19. The fourth-order valence-electron chi connectivity index (χ4n) is 4.04. The van der Waals surface area contributed by atoms with Crippen LogP contribution in [0.5, 0.6) is 0 Å². The number of hydrogen-bond donors (Lipinski definition) is 1. The molecule has 0 bridgehead atoms. The number of nitrogens with zero attached hydrogens (tertiary/aromatic N) is 3. The van der Waals surface area contributed by atoms with E-state index in [1.54, 1.807) is 24.2 Å². The minimum atomic E-state index is -0.0970. The number of halogens is 1. The predicted molar refractivity (Wildman–Crippen MR) is 128 cm³/mol. The number of aliphatic hydroxyl groups is 1. The summed E-state index contributed by atoms with van der Waals surface area (Å²) < 4.78 is 0. The minimum Gasteiger partial charge on any atom is -0.395 e. The van der Waals surface area contributed by atoms with Gasteiger partial charge < -0.3 is 10.0 Å². The molecule has 1 atom stereocenters. The summed E-state index contributed by atoms with van der Waals surface area (Å²) in [5.74, 6) is -0.0970. The molecule has 0 saturated carbocycles.